The summed E-state index contributed by atoms with van der Waals surface area (Å²) in [4.78, 5) is 0. The maximum atomic E-state index is 13.0. The van der Waals surface area contributed by atoms with Gasteiger partial charge in [0.25, 0.3) is 0 Å². The van der Waals surface area contributed by atoms with Gasteiger partial charge in [0.2, 0.25) is 0 Å². The van der Waals surface area contributed by atoms with Gasteiger partial charge < -0.3 is 10.1 Å². The largest absolute Gasteiger partial charge is 0.497 e. The number of nitrogens with one attached hydrogen (secondary N) is 1. The fourth-order valence-corrected chi connectivity index (χ4v) is 1.91. The summed E-state index contributed by atoms with van der Waals surface area (Å²) in [6.07, 6.45) is -3.88. The minimum atomic E-state index is -4.25. The lowest BCUT2D eigenvalue weighted by molar-refractivity contribution is -0.193. The molecule has 0 fully saturated rings. The second kappa shape index (κ2) is 6.28. The number of aryl methyl sites for hydroxylation is 1. The van der Waals surface area contributed by atoms with Crippen LogP contribution in [0.5, 0.6) is 5.75 Å². The zero-order chi connectivity index (χ0) is 14.5. The second-order valence-electron chi connectivity index (χ2n) is 4.71. The number of ether oxygens (including phenoxy) is 1. The highest BCUT2D eigenvalue weighted by atomic mass is 19.4. The van der Waals surface area contributed by atoms with Crippen molar-refractivity contribution in [1.29, 1.82) is 0 Å². The van der Waals surface area contributed by atoms with Crippen LogP contribution in [0.15, 0.2) is 24.3 Å². The summed E-state index contributed by atoms with van der Waals surface area (Å²) in [5.74, 6) is 0.703. The topological polar surface area (TPSA) is 21.3 Å². The Kier molecular flexibility index (Phi) is 5.23. The molecule has 0 spiro atoms. The molecular weight excluding hydrogens is 255 g/mol. The monoisotopic (exact) mass is 275 g/mol. The van der Waals surface area contributed by atoms with Crippen LogP contribution < -0.4 is 10.1 Å². The van der Waals surface area contributed by atoms with Gasteiger partial charge in [0, 0.05) is 0 Å². The maximum Gasteiger partial charge on any atom is 0.406 e. The van der Waals surface area contributed by atoms with Crippen LogP contribution in [0.3, 0.4) is 0 Å². The van der Waals surface area contributed by atoms with Gasteiger partial charge in [0.15, 0.2) is 0 Å². The normalized spacial score (nSPS) is 15.1. The molecule has 19 heavy (non-hydrogen) atoms. The first kappa shape index (κ1) is 15.8. The van der Waals surface area contributed by atoms with Gasteiger partial charge in [0.05, 0.1) is 7.11 Å². The molecule has 5 heteroatoms. The van der Waals surface area contributed by atoms with Crippen molar-refractivity contribution in [2.24, 2.45) is 0 Å². The van der Waals surface area contributed by atoms with E-state index in [2.05, 4.69) is 5.32 Å². The van der Waals surface area contributed by atoms with Crippen molar-refractivity contribution in [3.63, 3.8) is 0 Å². The number of hydrogen-bond donors (Lipinski definition) is 1. The first-order valence-electron chi connectivity index (χ1n) is 6.27. The van der Waals surface area contributed by atoms with Gasteiger partial charge in [0.1, 0.15) is 11.3 Å². The molecular formula is C14H20F3NO. The zero-order valence-corrected chi connectivity index (χ0v) is 11.5. The fraction of sp³-hybridized carbons (Fsp3) is 0.571. The molecule has 0 radical (unpaired) electrons. The van der Waals surface area contributed by atoms with E-state index in [0.717, 1.165) is 5.56 Å². The predicted molar refractivity (Wildman–Crippen MR) is 69.5 cm³/mol. The fourth-order valence-electron chi connectivity index (χ4n) is 1.91. The quantitative estimate of drug-likeness (QED) is 0.857. The Morgan fingerprint density at radius 2 is 1.74 bits per heavy atom. The Labute approximate surface area is 112 Å². The Morgan fingerprint density at radius 3 is 2.16 bits per heavy atom. The van der Waals surface area contributed by atoms with Crippen LogP contribution in [-0.4, -0.2) is 25.4 Å². The summed E-state index contributed by atoms with van der Waals surface area (Å²) in [5.41, 5.74) is -0.976. The predicted octanol–water partition coefficient (Wildman–Crippen LogP) is 3.56. The van der Waals surface area contributed by atoms with Crippen LogP contribution >= 0.6 is 0 Å². The van der Waals surface area contributed by atoms with E-state index in [-0.39, 0.29) is 6.42 Å². The molecule has 0 aliphatic carbocycles. The summed E-state index contributed by atoms with van der Waals surface area (Å²) >= 11 is 0. The van der Waals surface area contributed by atoms with Gasteiger partial charge >= 0.3 is 6.18 Å². The van der Waals surface area contributed by atoms with E-state index < -0.39 is 11.7 Å². The molecule has 0 saturated carbocycles. The van der Waals surface area contributed by atoms with Crippen molar-refractivity contribution in [2.45, 2.75) is 38.4 Å². The molecule has 1 N–H and O–H groups in total. The summed E-state index contributed by atoms with van der Waals surface area (Å²) in [6.45, 7) is 3.18. The average Bonchev–Trinajstić information content (AvgIpc) is 2.36. The lowest BCUT2D eigenvalue weighted by Gasteiger charge is -2.33. The van der Waals surface area contributed by atoms with Crippen LogP contribution in [0, 0.1) is 0 Å². The zero-order valence-electron chi connectivity index (χ0n) is 11.5. The molecule has 1 aromatic carbocycles. The minimum absolute atomic E-state index is 0.0106. The molecule has 0 aliphatic heterocycles. The summed E-state index contributed by atoms with van der Waals surface area (Å²) in [5, 5.41) is 2.54. The van der Waals surface area contributed by atoms with E-state index >= 15 is 0 Å². The highest BCUT2D eigenvalue weighted by Crippen LogP contribution is 2.33. The molecule has 0 amide bonds. The summed E-state index contributed by atoms with van der Waals surface area (Å²) in [7, 11) is 1.56. The molecule has 0 saturated heterocycles. The van der Waals surface area contributed by atoms with Crippen molar-refractivity contribution >= 4 is 0 Å². The van der Waals surface area contributed by atoms with Crippen molar-refractivity contribution < 1.29 is 17.9 Å². The first-order chi connectivity index (χ1) is 8.82. The average molecular weight is 275 g/mol. The van der Waals surface area contributed by atoms with E-state index in [4.69, 9.17) is 4.74 Å². The van der Waals surface area contributed by atoms with E-state index in [1.54, 1.807) is 38.3 Å². The van der Waals surface area contributed by atoms with Crippen LogP contribution in [0.2, 0.25) is 0 Å². The molecule has 1 atom stereocenters. The first-order valence-corrected chi connectivity index (χ1v) is 6.27. The van der Waals surface area contributed by atoms with Gasteiger partial charge in [-0.1, -0.05) is 19.1 Å². The van der Waals surface area contributed by atoms with Gasteiger partial charge in [-0.3, -0.25) is 0 Å². The van der Waals surface area contributed by atoms with Gasteiger partial charge in [-0.15, -0.1) is 0 Å². The van der Waals surface area contributed by atoms with Gasteiger partial charge in [-0.05, 0) is 44.0 Å². The number of halogens is 3. The smallest absolute Gasteiger partial charge is 0.406 e. The summed E-state index contributed by atoms with van der Waals surface area (Å²) in [6, 6.07) is 7.10. The Hall–Kier alpha value is -1.23. The van der Waals surface area contributed by atoms with Crippen LogP contribution in [0.4, 0.5) is 13.2 Å². The molecule has 108 valence electrons. The number of benzene rings is 1. The lowest BCUT2D eigenvalue weighted by Crippen LogP contribution is -2.54. The molecule has 1 aromatic rings. The number of hydrogen-bond acceptors (Lipinski definition) is 2. The van der Waals surface area contributed by atoms with Crippen LogP contribution in [-0.2, 0) is 6.42 Å². The molecule has 2 nitrogen and oxygen atoms in total. The molecule has 0 heterocycles. The molecule has 0 bridgehead atoms. The van der Waals surface area contributed by atoms with E-state index in [0.29, 0.717) is 18.7 Å². The third kappa shape index (κ3) is 4.13. The molecule has 1 rings (SSSR count). The van der Waals surface area contributed by atoms with Crippen molar-refractivity contribution in [1.82, 2.24) is 5.32 Å². The number of methoxy groups -OCH3 is 1. The summed E-state index contributed by atoms with van der Waals surface area (Å²) < 4.78 is 44.1. The lowest BCUT2D eigenvalue weighted by atomic mass is 9.92. The molecule has 0 aliphatic rings. The third-order valence-corrected chi connectivity index (χ3v) is 3.27. The minimum Gasteiger partial charge on any atom is -0.497 e. The Balaban J connectivity index is 2.70. The van der Waals surface area contributed by atoms with Crippen molar-refractivity contribution in [3.05, 3.63) is 29.8 Å². The van der Waals surface area contributed by atoms with E-state index in [1.807, 2.05) is 0 Å². The van der Waals surface area contributed by atoms with E-state index in [1.165, 1.54) is 6.92 Å². The van der Waals surface area contributed by atoms with Gasteiger partial charge in [-0.25, -0.2) is 0 Å². The highest BCUT2D eigenvalue weighted by molar-refractivity contribution is 5.27. The molecule has 1 unspecified atom stereocenters. The van der Waals surface area contributed by atoms with Crippen LogP contribution in [0.25, 0.3) is 0 Å². The number of rotatable bonds is 6. The Morgan fingerprint density at radius 1 is 1.16 bits per heavy atom. The Bertz CT molecular complexity index is 389. The van der Waals surface area contributed by atoms with Crippen LogP contribution in [0.1, 0.15) is 25.8 Å². The van der Waals surface area contributed by atoms with Crippen molar-refractivity contribution in [3.8, 4) is 5.75 Å². The van der Waals surface area contributed by atoms with Crippen molar-refractivity contribution in [2.75, 3.05) is 13.7 Å². The third-order valence-electron chi connectivity index (χ3n) is 3.27. The standard InChI is InChI=1S/C14H20F3NO/c1-4-18-13(2,14(15,16)17)10-9-11-5-7-12(19-3)8-6-11/h5-8,18H,4,9-10H2,1-3H3. The maximum absolute atomic E-state index is 13.0. The molecule has 0 aromatic heterocycles. The number of alkyl halides is 3. The van der Waals surface area contributed by atoms with E-state index in [9.17, 15) is 13.2 Å². The SMILES string of the molecule is CCNC(C)(CCc1ccc(OC)cc1)C(F)(F)F. The highest BCUT2D eigenvalue weighted by Gasteiger charge is 2.49. The second-order valence-corrected chi connectivity index (χ2v) is 4.71. The van der Waals surface area contributed by atoms with Gasteiger partial charge in [-0.2, -0.15) is 13.2 Å².